The Hall–Kier alpha value is -1.52. The first-order valence-corrected chi connectivity index (χ1v) is 7.12. The molecular weight excluding hydrogens is 263 g/mol. The van der Waals surface area contributed by atoms with E-state index in [9.17, 15) is 9.50 Å². The largest absolute Gasteiger partial charge is 0.454 e. The Balaban J connectivity index is 2.18. The second-order valence-electron chi connectivity index (χ2n) is 4.14. The van der Waals surface area contributed by atoms with Crippen LogP contribution in [0.4, 0.5) is 4.39 Å². The summed E-state index contributed by atoms with van der Waals surface area (Å²) in [6.45, 7) is 1.59. The average molecular weight is 278 g/mol. The smallest absolute Gasteiger partial charge is 0.166 e. The first-order valence-electron chi connectivity index (χ1n) is 5.89. The first-order chi connectivity index (χ1) is 9.10. The summed E-state index contributed by atoms with van der Waals surface area (Å²) in [5.41, 5.74) is 0.530. The van der Waals surface area contributed by atoms with Crippen LogP contribution < -0.4 is 4.74 Å². The van der Waals surface area contributed by atoms with Crippen molar-refractivity contribution in [3.8, 4) is 11.5 Å². The molecule has 0 heterocycles. The second-order valence-corrected chi connectivity index (χ2v) is 5.02. The number of halogens is 1. The topological polar surface area (TPSA) is 29.5 Å². The summed E-state index contributed by atoms with van der Waals surface area (Å²) in [7, 11) is 0. The van der Waals surface area contributed by atoms with E-state index in [0.29, 0.717) is 11.3 Å². The van der Waals surface area contributed by atoms with Gasteiger partial charge in [0.15, 0.2) is 11.6 Å². The lowest BCUT2D eigenvalue weighted by Gasteiger charge is -2.10. The minimum atomic E-state index is -0.690. The molecule has 2 aromatic carbocycles. The predicted octanol–water partition coefficient (Wildman–Crippen LogP) is 4.39. The van der Waals surface area contributed by atoms with Crippen LogP contribution in [0.15, 0.2) is 47.4 Å². The van der Waals surface area contributed by atoms with E-state index in [0.717, 1.165) is 4.90 Å². The van der Waals surface area contributed by atoms with Crippen molar-refractivity contribution in [1.29, 1.82) is 0 Å². The monoisotopic (exact) mass is 278 g/mol. The quantitative estimate of drug-likeness (QED) is 0.841. The van der Waals surface area contributed by atoms with Gasteiger partial charge in [-0.15, -0.1) is 11.8 Å². The Morgan fingerprint density at radius 3 is 2.37 bits per heavy atom. The van der Waals surface area contributed by atoms with Crippen LogP contribution in [0.25, 0.3) is 0 Å². The molecule has 1 N–H and O–H groups in total. The first kappa shape index (κ1) is 13.9. The van der Waals surface area contributed by atoms with E-state index in [2.05, 4.69) is 0 Å². The zero-order valence-electron chi connectivity index (χ0n) is 10.8. The fraction of sp³-hybridized carbons (Fsp3) is 0.200. The molecule has 0 saturated carbocycles. The Labute approximate surface area is 116 Å². The molecule has 2 nitrogen and oxygen atoms in total. The fourth-order valence-electron chi connectivity index (χ4n) is 1.63. The van der Waals surface area contributed by atoms with Gasteiger partial charge in [-0.05, 0) is 55.1 Å². The van der Waals surface area contributed by atoms with Crippen molar-refractivity contribution in [1.82, 2.24) is 0 Å². The molecule has 0 radical (unpaired) electrons. The molecule has 19 heavy (non-hydrogen) atoms. The number of ether oxygens (including phenoxy) is 1. The maximum atomic E-state index is 13.8. The van der Waals surface area contributed by atoms with Gasteiger partial charge in [-0.2, -0.15) is 0 Å². The van der Waals surface area contributed by atoms with Crippen molar-refractivity contribution < 1.29 is 14.2 Å². The van der Waals surface area contributed by atoms with Crippen LogP contribution in [0.1, 0.15) is 18.6 Å². The number of aliphatic hydroxyl groups is 1. The van der Waals surface area contributed by atoms with Gasteiger partial charge in [-0.1, -0.05) is 6.07 Å². The summed E-state index contributed by atoms with van der Waals surface area (Å²) in [6.07, 6.45) is 1.30. The highest BCUT2D eigenvalue weighted by atomic mass is 32.2. The maximum absolute atomic E-state index is 13.8. The number of hydrogen-bond donors (Lipinski definition) is 1. The SMILES string of the molecule is CSc1ccc(Oc2ccc([C@H](C)O)cc2F)cc1. The molecule has 4 heteroatoms. The minimum absolute atomic E-state index is 0.154. The molecule has 1 atom stereocenters. The van der Waals surface area contributed by atoms with Gasteiger partial charge in [0.25, 0.3) is 0 Å². The molecule has 0 unspecified atom stereocenters. The molecule has 0 aliphatic carbocycles. The summed E-state index contributed by atoms with van der Waals surface area (Å²) < 4.78 is 19.3. The summed E-state index contributed by atoms with van der Waals surface area (Å²) in [5, 5.41) is 9.38. The lowest BCUT2D eigenvalue weighted by molar-refractivity contribution is 0.198. The number of rotatable bonds is 4. The molecule has 2 aromatic rings. The predicted molar refractivity (Wildman–Crippen MR) is 75.3 cm³/mol. The van der Waals surface area contributed by atoms with Crippen molar-refractivity contribution in [2.45, 2.75) is 17.9 Å². The van der Waals surface area contributed by atoms with Crippen molar-refractivity contribution in [2.24, 2.45) is 0 Å². The minimum Gasteiger partial charge on any atom is -0.454 e. The van der Waals surface area contributed by atoms with Crippen LogP contribution in [0, 0.1) is 5.82 Å². The lowest BCUT2D eigenvalue weighted by atomic mass is 10.1. The molecule has 0 aliphatic heterocycles. The van der Waals surface area contributed by atoms with Crippen molar-refractivity contribution in [3.63, 3.8) is 0 Å². The van der Waals surface area contributed by atoms with Crippen LogP contribution in [0.3, 0.4) is 0 Å². The number of aliphatic hydroxyl groups excluding tert-OH is 1. The normalized spacial score (nSPS) is 12.2. The molecule has 0 saturated heterocycles. The highest BCUT2D eigenvalue weighted by Gasteiger charge is 2.08. The van der Waals surface area contributed by atoms with E-state index in [-0.39, 0.29) is 5.75 Å². The van der Waals surface area contributed by atoms with Gasteiger partial charge in [-0.3, -0.25) is 0 Å². The van der Waals surface area contributed by atoms with Gasteiger partial charge >= 0.3 is 0 Å². The van der Waals surface area contributed by atoms with Gasteiger partial charge in [0.05, 0.1) is 6.10 Å². The van der Waals surface area contributed by atoms with Gasteiger partial charge in [0, 0.05) is 4.90 Å². The molecular formula is C15H15FO2S. The zero-order chi connectivity index (χ0) is 13.8. The van der Waals surface area contributed by atoms with Crippen LogP contribution in [-0.2, 0) is 0 Å². The molecule has 0 aromatic heterocycles. The third-order valence-electron chi connectivity index (χ3n) is 2.73. The van der Waals surface area contributed by atoms with Crippen molar-refractivity contribution in [2.75, 3.05) is 6.26 Å². The van der Waals surface area contributed by atoms with E-state index in [4.69, 9.17) is 4.74 Å². The summed E-state index contributed by atoms with van der Waals surface area (Å²) >= 11 is 1.63. The zero-order valence-corrected chi connectivity index (χ0v) is 11.6. The molecule has 0 aliphatic rings. The van der Waals surface area contributed by atoms with Gasteiger partial charge in [0.2, 0.25) is 0 Å². The molecule has 0 bridgehead atoms. The van der Waals surface area contributed by atoms with E-state index in [1.807, 2.05) is 18.4 Å². The Morgan fingerprint density at radius 2 is 1.84 bits per heavy atom. The van der Waals surface area contributed by atoms with Crippen molar-refractivity contribution >= 4 is 11.8 Å². The lowest BCUT2D eigenvalue weighted by Crippen LogP contribution is -1.94. The number of hydrogen-bond acceptors (Lipinski definition) is 3. The van der Waals surface area contributed by atoms with E-state index in [1.165, 1.54) is 12.1 Å². The standard InChI is InChI=1S/C15H15FO2S/c1-10(17)11-3-8-15(14(16)9-11)18-12-4-6-13(19-2)7-5-12/h3-10,17H,1-2H3/t10-/m0/s1. The second kappa shape index (κ2) is 6.08. The Kier molecular flexibility index (Phi) is 4.45. The van der Waals surface area contributed by atoms with Crippen LogP contribution in [-0.4, -0.2) is 11.4 Å². The summed E-state index contributed by atoms with van der Waals surface area (Å²) in [4.78, 5) is 1.12. The highest BCUT2D eigenvalue weighted by Crippen LogP contribution is 2.28. The molecule has 2 rings (SSSR count). The molecule has 0 amide bonds. The van der Waals surface area contributed by atoms with Crippen LogP contribution in [0.2, 0.25) is 0 Å². The van der Waals surface area contributed by atoms with E-state index in [1.54, 1.807) is 36.9 Å². The summed E-state index contributed by atoms with van der Waals surface area (Å²) in [5.74, 6) is 0.259. The number of thioether (sulfide) groups is 1. The van der Waals surface area contributed by atoms with E-state index >= 15 is 0 Å². The average Bonchev–Trinajstić information content (AvgIpc) is 2.41. The molecule has 0 fully saturated rings. The highest BCUT2D eigenvalue weighted by molar-refractivity contribution is 7.98. The fourth-order valence-corrected chi connectivity index (χ4v) is 2.04. The maximum Gasteiger partial charge on any atom is 0.166 e. The third-order valence-corrected chi connectivity index (χ3v) is 3.47. The molecule has 0 spiro atoms. The van der Waals surface area contributed by atoms with Gasteiger partial charge in [-0.25, -0.2) is 4.39 Å². The summed E-state index contributed by atoms with van der Waals surface area (Å²) in [6, 6.07) is 11.9. The number of benzene rings is 2. The van der Waals surface area contributed by atoms with Gasteiger partial charge < -0.3 is 9.84 Å². The van der Waals surface area contributed by atoms with Crippen LogP contribution >= 0.6 is 11.8 Å². The van der Waals surface area contributed by atoms with Crippen molar-refractivity contribution in [3.05, 3.63) is 53.8 Å². The Bertz CT molecular complexity index is 553. The van der Waals surface area contributed by atoms with Crippen LogP contribution in [0.5, 0.6) is 11.5 Å². The van der Waals surface area contributed by atoms with E-state index < -0.39 is 11.9 Å². The van der Waals surface area contributed by atoms with Gasteiger partial charge in [0.1, 0.15) is 5.75 Å². The Morgan fingerprint density at radius 1 is 1.16 bits per heavy atom. The third kappa shape index (κ3) is 3.49. The molecule has 100 valence electrons.